The monoisotopic (exact) mass is 384 g/mol. The van der Waals surface area contributed by atoms with E-state index in [1.807, 2.05) is 42.8 Å². The summed E-state index contributed by atoms with van der Waals surface area (Å²) in [5, 5.41) is 12.6. The molecular weight excluding hydrogens is 368 g/mol. The molecule has 1 amide bonds. The molecule has 0 aliphatic heterocycles. The Hall–Kier alpha value is -2.58. The lowest BCUT2D eigenvalue weighted by molar-refractivity contribution is 0.0953. The van der Waals surface area contributed by atoms with Crippen LogP contribution in [-0.4, -0.2) is 27.6 Å². The molecule has 26 heavy (non-hydrogen) atoms. The lowest BCUT2D eigenvalue weighted by Crippen LogP contribution is -2.27. The van der Waals surface area contributed by atoms with E-state index in [1.54, 1.807) is 28.9 Å². The maximum absolute atomic E-state index is 12.9. The fourth-order valence-corrected chi connectivity index (χ4v) is 4.12. The second-order valence-corrected chi connectivity index (χ2v) is 7.84. The maximum atomic E-state index is 12.9. The average molecular weight is 384 g/mol. The van der Waals surface area contributed by atoms with Gasteiger partial charge in [0.1, 0.15) is 0 Å². The molecule has 4 rings (SSSR count). The molecule has 0 fully saturated rings. The molecule has 0 aliphatic carbocycles. The quantitative estimate of drug-likeness (QED) is 0.556. The van der Waals surface area contributed by atoms with Crippen LogP contribution < -0.4 is 5.32 Å². The molecule has 1 atom stereocenters. The number of rotatable bonds is 5. The van der Waals surface area contributed by atoms with Crippen LogP contribution in [0.5, 0.6) is 0 Å². The van der Waals surface area contributed by atoms with Crippen molar-refractivity contribution in [2.45, 2.75) is 19.8 Å². The number of aryl methyl sites for hydroxylation is 1. The second kappa shape index (κ2) is 6.97. The predicted molar refractivity (Wildman–Crippen MR) is 103 cm³/mol. The smallest absolute Gasteiger partial charge is 0.259 e. The summed E-state index contributed by atoms with van der Waals surface area (Å²) >= 11 is 3.15. The van der Waals surface area contributed by atoms with Gasteiger partial charge in [-0.05, 0) is 24.4 Å². The average Bonchev–Trinajstić information content (AvgIpc) is 3.40. The van der Waals surface area contributed by atoms with Gasteiger partial charge in [-0.3, -0.25) is 4.79 Å². The number of fused-ring (bicyclic) bond motifs is 1. The summed E-state index contributed by atoms with van der Waals surface area (Å²) in [6.45, 7) is 4.37. The van der Waals surface area contributed by atoms with E-state index >= 15 is 0 Å². The lowest BCUT2D eigenvalue weighted by Gasteiger charge is -2.11. The van der Waals surface area contributed by atoms with E-state index in [9.17, 15) is 4.79 Å². The van der Waals surface area contributed by atoms with Crippen LogP contribution in [0.2, 0.25) is 0 Å². The minimum absolute atomic E-state index is 0.150. The van der Waals surface area contributed by atoms with Crippen molar-refractivity contribution in [1.29, 1.82) is 0 Å². The normalized spacial score (nSPS) is 12.4. The summed E-state index contributed by atoms with van der Waals surface area (Å²) in [7, 11) is 0. The third-order valence-electron chi connectivity index (χ3n) is 4.08. The van der Waals surface area contributed by atoms with E-state index in [0.29, 0.717) is 34.6 Å². The molecule has 8 heteroatoms. The van der Waals surface area contributed by atoms with Crippen molar-refractivity contribution in [2.75, 3.05) is 6.54 Å². The van der Waals surface area contributed by atoms with Gasteiger partial charge in [-0.2, -0.15) is 0 Å². The number of thiophene rings is 1. The van der Waals surface area contributed by atoms with Crippen molar-refractivity contribution in [3.8, 4) is 10.6 Å². The number of carbonyl (C=O) groups excluding carboxylic acids is 1. The first-order chi connectivity index (χ1) is 12.6. The van der Waals surface area contributed by atoms with Crippen LogP contribution >= 0.6 is 22.7 Å². The van der Waals surface area contributed by atoms with Crippen LogP contribution in [0.4, 0.5) is 0 Å². The Morgan fingerprint density at radius 1 is 1.35 bits per heavy atom. The van der Waals surface area contributed by atoms with E-state index in [1.165, 1.54) is 0 Å². The molecule has 132 valence electrons. The molecule has 0 spiro atoms. The summed E-state index contributed by atoms with van der Waals surface area (Å²) in [4.78, 5) is 22.7. The Bertz CT molecular complexity index is 1040. The number of amides is 1. The minimum Gasteiger partial charge on any atom is -0.351 e. The Morgan fingerprint density at radius 2 is 2.23 bits per heavy atom. The van der Waals surface area contributed by atoms with E-state index in [0.717, 1.165) is 9.88 Å². The van der Waals surface area contributed by atoms with Gasteiger partial charge >= 0.3 is 0 Å². The van der Waals surface area contributed by atoms with Crippen LogP contribution in [0.25, 0.3) is 21.7 Å². The van der Waals surface area contributed by atoms with E-state index in [-0.39, 0.29) is 11.8 Å². The summed E-state index contributed by atoms with van der Waals surface area (Å²) < 4.78 is 5.32. The highest BCUT2D eigenvalue weighted by molar-refractivity contribution is 7.13. The fraction of sp³-hybridized carbons (Fsp3) is 0.222. The zero-order chi connectivity index (χ0) is 18.1. The number of hydrogen-bond donors (Lipinski definition) is 1. The first-order valence-electron chi connectivity index (χ1n) is 8.12. The fourth-order valence-electron chi connectivity index (χ4n) is 2.73. The van der Waals surface area contributed by atoms with Gasteiger partial charge in [0, 0.05) is 24.0 Å². The predicted octanol–water partition coefficient (Wildman–Crippen LogP) is 4.25. The molecule has 0 aromatic carbocycles. The third kappa shape index (κ3) is 3.13. The Morgan fingerprint density at radius 3 is 2.96 bits per heavy atom. The number of thiazole rings is 1. The molecule has 4 aromatic rings. The van der Waals surface area contributed by atoms with Crippen LogP contribution in [0, 0.1) is 6.92 Å². The first kappa shape index (κ1) is 16.9. The summed E-state index contributed by atoms with van der Waals surface area (Å²) in [5.41, 5.74) is 2.28. The second-order valence-electron chi connectivity index (χ2n) is 5.96. The van der Waals surface area contributed by atoms with E-state index in [2.05, 4.69) is 20.4 Å². The number of nitrogens with one attached hydrogen (secondary N) is 1. The highest BCUT2D eigenvalue weighted by Crippen LogP contribution is 2.29. The van der Waals surface area contributed by atoms with Gasteiger partial charge in [-0.25, -0.2) is 9.97 Å². The zero-order valence-electron chi connectivity index (χ0n) is 14.2. The van der Waals surface area contributed by atoms with Crippen LogP contribution in [0.15, 0.2) is 39.7 Å². The Labute approximate surface area is 157 Å². The summed E-state index contributed by atoms with van der Waals surface area (Å²) in [6.07, 6.45) is 1.78. The SMILES string of the molecule is Cc1noc2nc(-c3cccs3)cc(C(=O)NCC(C)c3nccs3)c12. The molecule has 4 heterocycles. The molecular formula is C18H16N4O2S2. The largest absolute Gasteiger partial charge is 0.351 e. The highest BCUT2D eigenvalue weighted by atomic mass is 32.1. The van der Waals surface area contributed by atoms with Crippen LogP contribution in [0.1, 0.15) is 33.9 Å². The standard InChI is InChI=1S/C18H16N4O2S2/c1-10(18-19-5-7-26-18)9-20-16(23)12-8-13(14-4-3-6-25-14)21-17-15(12)11(2)22-24-17/h3-8,10H,9H2,1-2H3,(H,20,23). The van der Waals surface area contributed by atoms with Crippen LogP contribution in [0.3, 0.4) is 0 Å². The molecule has 0 bridgehead atoms. The third-order valence-corrected chi connectivity index (χ3v) is 5.98. The number of pyridine rings is 1. The maximum Gasteiger partial charge on any atom is 0.259 e. The van der Waals surface area contributed by atoms with Gasteiger partial charge in [-0.15, -0.1) is 22.7 Å². The Balaban J connectivity index is 1.65. The number of hydrogen-bond acceptors (Lipinski definition) is 7. The van der Waals surface area contributed by atoms with E-state index in [4.69, 9.17) is 4.52 Å². The van der Waals surface area contributed by atoms with Crippen LogP contribution in [-0.2, 0) is 0 Å². The molecule has 0 saturated heterocycles. The van der Waals surface area contributed by atoms with Crippen molar-refractivity contribution in [2.24, 2.45) is 0 Å². The van der Waals surface area contributed by atoms with Crippen molar-refractivity contribution in [3.63, 3.8) is 0 Å². The molecule has 6 nitrogen and oxygen atoms in total. The molecule has 4 aromatic heterocycles. The van der Waals surface area contributed by atoms with Gasteiger partial charge in [0.05, 0.1) is 32.2 Å². The van der Waals surface area contributed by atoms with Gasteiger partial charge in [0.2, 0.25) is 0 Å². The van der Waals surface area contributed by atoms with Gasteiger partial charge in [0.25, 0.3) is 11.6 Å². The van der Waals surface area contributed by atoms with Crippen molar-refractivity contribution < 1.29 is 9.32 Å². The Kier molecular flexibility index (Phi) is 4.52. The number of nitrogens with zero attached hydrogens (tertiary/aromatic N) is 3. The summed E-state index contributed by atoms with van der Waals surface area (Å²) in [5.74, 6) is -0.0125. The molecule has 0 saturated carbocycles. The zero-order valence-corrected chi connectivity index (χ0v) is 15.9. The lowest BCUT2D eigenvalue weighted by atomic mass is 10.1. The first-order valence-corrected chi connectivity index (χ1v) is 9.88. The molecule has 1 N–H and O–H groups in total. The van der Waals surface area contributed by atoms with Crippen molar-refractivity contribution in [1.82, 2.24) is 20.4 Å². The number of carbonyl (C=O) groups is 1. The van der Waals surface area contributed by atoms with E-state index < -0.39 is 0 Å². The van der Waals surface area contributed by atoms with Crippen molar-refractivity contribution in [3.05, 3.63) is 51.4 Å². The minimum atomic E-state index is -0.162. The molecule has 1 unspecified atom stereocenters. The summed E-state index contributed by atoms with van der Waals surface area (Å²) in [6, 6.07) is 5.73. The van der Waals surface area contributed by atoms with Crippen molar-refractivity contribution >= 4 is 39.7 Å². The van der Waals surface area contributed by atoms with Gasteiger partial charge in [0.15, 0.2) is 0 Å². The highest BCUT2D eigenvalue weighted by Gasteiger charge is 2.20. The topological polar surface area (TPSA) is 80.9 Å². The van der Waals surface area contributed by atoms with Gasteiger partial charge < -0.3 is 9.84 Å². The molecule has 0 radical (unpaired) electrons. The number of aromatic nitrogens is 3. The van der Waals surface area contributed by atoms with Gasteiger partial charge in [-0.1, -0.05) is 18.1 Å². The molecule has 0 aliphatic rings.